The number of carbonyl (C=O) groups excluding carboxylic acids is 1. The molecule has 96 valence electrons. The van der Waals surface area contributed by atoms with Gasteiger partial charge in [-0.1, -0.05) is 0 Å². The second kappa shape index (κ2) is 5.60. The van der Waals surface area contributed by atoms with E-state index in [2.05, 4.69) is 18.8 Å². The number of aromatic nitrogens is 1. The van der Waals surface area contributed by atoms with E-state index in [0.29, 0.717) is 6.54 Å². The molecule has 0 spiro atoms. The number of nitrogens with zero attached hydrogens (tertiary/aromatic N) is 3. The highest BCUT2D eigenvalue weighted by molar-refractivity contribution is 7.11. The number of thiazole rings is 1. The number of likely N-dealkylation sites (N-methyl/N-ethyl adjacent to an activating group) is 2. The van der Waals surface area contributed by atoms with Crippen molar-refractivity contribution in [3.05, 3.63) is 15.6 Å². The third kappa shape index (κ3) is 3.51. The van der Waals surface area contributed by atoms with Gasteiger partial charge in [0.2, 0.25) is 5.91 Å². The van der Waals surface area contributed by atoms with Crippen LogP contribution in [0.25, 0.3) is 0 Å². The number of hydrogen-bond acceptors (Lipinski definition) is 4. The third-order valence-electron chi connectivity index (χ3n) is 2.88. The first kappa shape index (κ1) is 14.1. The van der Waals surface area contributed by atoms with Gasteiger partial charge in [-0.25, -0.2) is 4.98 Å². The molecule has 1 aromatic heterocycles. The van der Waals surface area contributed by atoms with Gasteiger partial charge in [0, 0.05) is 19.0 Å². The molecule has 0 aliphatic carbocycles. The van der Waals surface area contributed by atoms with Gasteiger partial charge < -0.3 is 4.90 Å². The summed E-state index contributed by atoms with van der Waals surface area (Å²) < 4.78 is 0. The second-order valence-corrected chi connectivity index (χ2v) is 5.96. The van der Waals surface area contributed by atoms with E-state index in [1.165, 1.54) is 4.88 Å². The van der Waals surface area contributed by atoms with Gasteiger partial charge in [0.15, 0.2) is 0 Å². The molecule has 0 fully saturated rings. The SMILES string of the molecule is Cc1nc([C@H](C)N(C)CC(=O)N(C)C)c(C)s1. The number of carbonyl (C=O) groups is 1. The van der Waals surface area contributed by atoms with Crippen molar-refractivity contribution < 1.29 is 4.79 Å². The number of aryl methyl sites for hydroxylation is 2. The van der Waals surface area contributed by atoms with E-state index in [9.17, 15) is 4.79 Å². The zero-order valence-electron chi connectivity index (χ0n) is 11.4. The minimum atomic E-state index is 0.115. The van der Waals surface area contributed by atoms with Crippen molar-refractivity contribution >= 4 is 17.2 Å². The summed E-state index contributed by atoms with van der Waals surface area (Å²) in [5.74, 6) is 0.115. The highest BCUT2D eigenvalue weighted by atomic mass is 32.1. The molecule has 4 nitrogen and oxygen atoms in total. The van der Waals surface area contributed by atoms with Crippen LogP contribution in [0.3, 0.4) is 0 Å². The Hall–Kier alpha value is -0.940. The van der Waals surface area contributed by atoms with Gasteiger partial charge in [0.25, 0.3) is 0 Å². The predicted octanol–water partition coefficient (Wildman–Crippen LogP) is 1.84. The Balaban J connectivity index is 2.73. The van der Waals surface area contributed by atoms with Crippen molar-refractivity contribution in [1.82, 2.24) is 14.8 Å². The lowest BCUT2D eigenvalue weighted by Crippen LogP contribution is -2.35. The fourth-order valence-electron chi connectivity index (χ4n) is 1.63. The summed E-state index contributed by atoms with van der Waals surface area (Å²) in [6.45, 7) is 6.60. The molecule has 0 aliphatic heterocycles. The van der Waals surface area contributed by atoms with E-state index < -0.39 is 0 Å². The molecular weight excluding hydrogens is 234 g/mol. The highest BCUT2D eigenvalue weighted by Gasteiger charge is 2.19. The van der Waals surface area contributed by atoms with Crippen LogP contribution >= 0.6 is 11.3 Å². The van der Waals surface area contributed by atoms with Crippen molar-refractivity contribution in [2.24, 2.45) is 0 Å². The van der Waals surface area contributed by atoms with Gasteiger partial charge in [0.1, 0.15) is 0 Å². The van der Waals surface area contributed by atoms with Gasteiger partial charge in [-0.15, -0.1) is 11.3 Å². The molecule has 1 heterocycles. The lowest BCUT2D eigenvalue weighted by atomic mass is 10.2. The van der Waals surface area contributed by atoms with Crippen LogP contribution in [-0.4, -0.2) is 48.4 Å². The summed E-state index contributed by atoms with van der Waals surface area (Å²) in [6.07, 6.45) is 0. The summed E-state index contributed by atoms with van der Waals surface area (Å²) in [6, 6.07) is 0.170. The molecule has 0 radical (unpaired) electrons. The van der Waals surface area contributed by atoms with Gasteiger partial charge in [-0.3, -0.25) is 9.69 Å². The maximum absolute atomic E-state index is 11.6. The summed E-state index contributed by atoms with van der Waals surface area (Å²) in [5, 5.41) is 1.08. The summed E-state index contributed by atoms with van der Waals surface area (Å²) >= 11 is 1.71. The lowest BCUT2D eigenvalue weighted by molar-refractivity contribution is -0.130. The molecule has 0 saturated carbocycles. The van der Waals surface area contributed by atoms with Crippen LogP contribution in [0.1, 0.15) is 28.5 Å². The Kier molecular flexibility index (Phi) is 4.65. The molecule has 0 saturated heterocycles. The standard InChI is InChI=1S/C12H21N3OS/c1-8(12-9(2)17-10(3)13-12)15(6)7-11(16)14(4)5/h8H,7H2,1-6H3/t8-/m0/s1. The maximum atomic E-state index is 11.6. The van der Waals surface area contributed by atoms with Gasteiger partial charge >= 0.3 is 0 Å². The van der Waals surface area contributed by atoms with E-state index in [0.717, 1.165) is 10.7 Å². The van der Waals surface area contributed by atoms with Crippen LogP contribution < -0.4 is 0 Å². The van der Waals surface area contributed by atoms with Crippen LogP contribution in [-0.2, 0) is 4.79 Å². The van der Waals surface area contributed by atoms with E-state index in [1.54, 1.807) is 30.3 Å². The normalized spacial score (nSPS) is 12.9. The largest absolute Gasteiger partial charge is 0.348 e. The molecule has 1 aromatic rings. The molecular formula is C12H21N3OS. The smallest absolute Gasteiger partial charge is 0.236 e. The summed E-state index contributed by atoms with van der Waals surface area (Å²) in [5.41, 5.74) is 1.08. The zero-order chi connectivity index (χ0) is 13.2. The summed E-state index contributed by atoms with van der Waals surface area (Å²) in [7, 11) is 5.51. The molecule has 1 amide bonds. The Morgan fingerprint density at radius 1 is 1.35 bits per heavy atom. The molecule has 0 aromatic carbocycles. The van der Waals surface area contributed by atoms with Gasteiger partial charge in [0.05, 0.1) is 23.3 Å². The molecule has 1 atom stereocenters. The third-order valence-corrected chi connectivity index (χ3v) is 3.78. The molecule has 1 rings (SSSR count). The number of amides is 1. The topological polar surface area (TPSA) is 36.4 Å². The average molecular weight is 255 g/mol. The van der Waals surface area contributed by atoms with E-state index in [1.807, 2.05) is 18.9 Å². The number of rotatable bonds is 4. The zero-order valence-corrected chi connectivity index (χ0v) is 12.3. The first-order chi connectivity index (χ1) is 7.82. The maximum Gasteiger partial charge on any atom is 0.236 e. The van der Waals surface area contributed by atoms with Crippen molar-refractivity contribution in [2.75, 3.05) is 27.7 Å². The molecule has 0 unspecified atom stereocenters. The number of hydrogen-bond donors (Lipinski definition) is 0. The monoisotopic (exact) mass is 255 g/mol. The predicted molar refractivity (Wildman–Crippen MR) is 71.3 cm³/mol. The van der Waals surface area contributed by atoms with Crippen LogP contribution in [0.4, 0.5) is 0 Å². The van der Waals surface area contributed by atoms with Crippen molar-refractivity contribution in [2.45, 2.75) is 26.8 Å². The average Bonchev–Trinajstić information content (AvgIpc) is 2.56. The fraction of sp³-hybridized carbons (Fsp3) is 0.667. The first-order valence-electron chi connectivity index (χ1n) is 5.67. The van der Waals surface area contributed by atoms with Crippen LogP contribution in [0.15, 0.2) is 0 Å². The summed E-state index contributed by atoms with van der Waals surface area (Å²) in [4.78, 5) is 21.1. The fourth-order valence-corrected chi connectivity index (χ4v) is 2.54. The van der Waals surface area contributed by atoms with Crippen molar-refractivity contribution in [3.8, 4) is 0 Å². The first-order valence-corrected chi connectivity index (χ1v) is 6.49. The van der Waals surface area contributed by atoms with Crippen LogP contribution in [0.5, 0.6) is 0 Å². The Labute approximate surface area is 107 Å². The Bertz CT molecular complexity index is 400. The minimum absolute atomic E-state index is 0.115. The Morgan fingerprint density at radius 3 is 2.35 bits per heavy atom. The van der Waals surface area contributed by atoms with Crippen molar-refractivity contribution in [3.63, 3.8) is 0 Å². The minimum Gasteiger partial charge on any atom is -0.348 e. The van der Waals surface area contributed by atoms with E-state index >= 15 is 0 Å². The molecule has 17 heavy (non-hydrogen) atoms. The van der Waals surface area contributed by atoms with Gasteiger partial charge in [-0.05, 0) is 27.8 Å². The highest BCUT2D eigenvalue weighted by Crippen LogP contribution is 2.25. The van der Waals surface area contributed by atoms with Crippen LogP contribution in [0.2, 0.25) is 0 Å². The molecule has 0 aliphatic rings. The lowest BCUT2D eigenvalue weighted by Gasteiger charge is -2.24. The molecule has 0 bridgehead atoms. The quantitative estimate of drug-likeness (QED) is 0.823. The van der Waals surface area contributed by atoms with E-state index in [4.69, 9.17) is 0 Å². The second-order valence-electron chi connectivity index (χ2n) is 4.55. The Morgan fingerprint density at radius 2 is 1.94 bits per heavy atom. The van der Waals surface area contributed by atoms with Gasteiger partial charge in [-0.2, -0.15) is 0 Å². The van der Waals surface area contributed by atoms with E-state index in [-0.39, 0.29) is 11.9 Å². The van der Waals surface area contributed by atoms with Crippen molar-refractivity contribution in [1.29, 1.82) is 0 Å². The molecule has 0 N–H and O–H groups in total. The van der Waals surface area contributed by atoms with Crippen LogP contribution in [0, 0.1) is 13.8 Å². The molecule has 5 heteroatoms.